The molecule has 3 rings (SSSR count). The monoisotopic (exact) mass is 381 g/mol. The quantitative estimate of drug-likeness (QED) is 0.827. The number of nitrogens with one attached hydrogen (secondary N) is 1. The minimum absolute atomic E-state index is 0.0533. The minimum atomic E-state index is -0.0933. The zero-order valence-corrected chi connectivity index (χ0v) is 16.4. The molecule has 28 heavy (non-hydrogen) atoms. The van der Waals surface area contributed by atoms with Crippen LogP contribution in [0.5, 0.6) is 5.75 Å². The van der Waals surface area contributed by atoms with E-state index in [1.807, 2.05) is 43.0 Å². The highest BCUT2D eigenvalue weighted by Gasteiger charge is 2.26. The van der Waals surface area contributed by atoms with Crippen molar-refractivity contribution in [3.8, 4) is 5.75 Å². The molecular weight excluding hydrogens is 354 g/mol. The van der Waals surface area contributed by atoms with Gasteiger partial charge in [0.25, 0.3) is 5.91 Å². The average Bonchev–Trinajstić information content (AvgIpc) is 2.74. The van der Waals surface area contributed by atoms with Gasteiger partial charge in [0.1, 0.15) is 11.9 Å². The molecule has 0 spiro atoms. The lowest BCUT2D eigenvalue weighted by molar-refractivity contribution is -0.119. The maximum absolute atomic E-state index is 13.0. The standard InChI is InChI=1S/C22H27N3O3/c1-3-16(2)21(26)24-20-7-5-4-6-19(20)22(27)25-14-10-18(11-15-25)28-17-8-12-23-13-9-17/h4-9,12-13,16,18H,3,10-11,14-15H2,1-2H3,(H,24,26). The average molecular weight is 381 g/mol. The fourth-order valence-electron chi connectivity index (χ4n) is 3.18. The summed E-state index contributed by atoms with van der Waals surface area (Å²) in [7, 11) is 0. The van der Waals surface area contributed by atoms with Crippen LogP contribution >= 0.6 is 0 Å². The van der Waals surface area contributed by atoms with Crippen molar-refractivity contribution in [2.75, 3.05) is 18.4 Å². The number of ether oxygens (including phenoxy) is 1. The van der Waals surface area contributed by atoms with Gasteiger partial charge in [-0.05, 0) is 30.7 Å². The molecular formula is C22H27N3O3. The van der Waals surface area contributed by atoms with Gasteiger partial charge < -0.3 is 15.0 Å². The number of amides is 2. The number of carbonyl (C=O) groups is 2. The van der Waals surface area contributed by atoms with Gasteiger partial charge in [0.15, 0.2) is 0 Å². The van der Waals surface area contributed by atoms with Gasteiger partial charge in [0, 0.05) is 44.2 Å². The Kier molecular flexibility index (Phi) is 6.63. The number of carbonyl (C=O) groups excluding carboxylic acids is 2. The normalized spacial score (nSPS) is 15.7. The van der Waals surface area contributed by atoms with Crippen molar-refractivity contribution in [2.45, 2.75) is 39.2 Å². The number of anilines is 1. The zero-order chi connectivity index (χ0) is 19.9. The molecule has 1 fully saturated rings. The van der Waals surface area contributed by atoms with Crippen LogP contribution < -0.4 is 10.1 Å². The molecule has 1 N–H and O–H groups in total. The lowest BCUT2D eigenvalue weighted by atomic mass is 10.0. The van der Waals surface area contributed by atoms with Crippen molar-refractivity contribution >= 4 is 17.5 Å². The summed E-state index contributed by atoms with van der Waals surface area (Å²) in [6.07, 6.45) is 5.81. The van der Waals surface area contributed by atoms with E-state index in [1.54, 1.807) is 24.5 Å². The Hall–Kier alpha value is -2.89. The van der Waals surface area contributed by atoms with Crippen LogP contribution in [0.1, 0.15) is 43.5 Å². The van der Waals surface area contributed by atoms with Gasteiger partial charge in [-0.15, -0.1) is 0 Å². The van der Waals surface area contributed by atoms with Gasteiger partial charge in [-0.25, -0.2) is 0 Å². The van der Waals surface area contributed by atoms with Crippen LogP contribution in [0.4, 0.5) is 5.69 Å². The van der Waals surface area contributed by atoms with Crippen LogP contribution in [0.25, 0.3) is 0 Å². The van der Waals surface area contributed by atoms with Crippen LogP contribution in [-0.4, -0.2) is 40.9 Å². The number of likely N-dealkylation sites (tertiary alicyclic amines) is 1. The molecule has 1 aliphatic rings. The lowest BCUT2D eigenvalue weighted by Gasteiger charge is -2.32. The molecule has 2 aromatic rings. The minimum Gasteiger partial charge on any atom is -0.490 e. The third-order valence-electron chi connectivity index (χ3n) is 5.16. The summed E-state index contributed by atoms with van der Waals surface area (Å²) < 4.78 is 5.97. The molecule has 1 aromatic heterocycles. The summed E-state index contributed by atoms with van der Waals surface area (Å²) in [5.74, 6) is 0.594. The second-order valence-corrected chi connectivity index (χ2v) is 7.14. The number of piperidine rings is 1. The van der Waals surface area contributed by atoms with Crippen molar-refractivity contribution in [3.05, 3.63) is 54.4 Å². The van der Waals surface area contributed by atoms with Gasteiger partial charge >= 0.3 is 0 Å². The van der Waals surface area contributed by atoms with Crippen LogP contribution in [-0.2, 0) is 4.79 Å². The fraction of sp³-hybridized carbons (Fsp3) is 0.409. The predicted molar refractivity (Wildman–Crippen MR) is 108 cm³/mol. The van der Waals surface area contributed by atoms with E-state index in [4.69, 9.17) is 4.74 Å². The number of benzene rings is 1. The second-order valence-electron chi connectivity index (χ2n) is 7.14. The molecule has 1 saturated heterocycles. The summed E-state index contributed by atoms with van der Waals surface area (Å²) in [5.41, 5.74) is 1.11. The van der Waals surface area contributed by atoms with E-state index in [0.29, 0.717) is 24.3 Å². The molecule has 0 aliphatic carbocycles. The third-order valence-corrected chi connectivity index (χ3v) is 5.16. The first-order chi connectivity index (χ1) is 13.6. The Morgan fingerprint density at radius 2 is 1.86 bits per heavy atom. The summed E-state index contributed by atoms with van der Waals surface area (Å²) in [6, 6.07) is 10.9. The molecule has 1 aromatic carbocycles. The van der Waals surface area contributed by atoms with E-state index in [1.165, 1.54) is 0 Å². The van der Waals surface area contributed by atoms with E-state index in [0.717, 1.165) is 25.0 Å². The number of para-hydroxylation sites is 1. The first-order valence-corrected chi connectivity index (χ1v) is 9.84. The molecule has 1 unspecified atom stereocenters. The van der Waals surface area contributed by atoms with Gasteiger partial charge in [0.2, 0.25) is 5.91 Å². The van der Waals surface area contributed by atoms with Crippen molar-refractivity contribution in [1.82, 2.24) is 9.88 Å². The van der Waals surface area contributed by atoms with E-state index >= 15 is 0 Å². The first kappa shape index (κ1) is 19.9. The molecule has 0 radical (unpaired) electrons. The number of nitrogens with zero attached hydrogens (tertiary/aromatic N) is 2. The highest BCUT2D eigenvalue weighted by atomic mass is 16.5. The number of rotatable bonds is 6. The summed E-state index contributed by atoms with van der Waals surface area (Å²) in [5, 5.41) is 2.91. The lowest BCUT2D eigenvalue weighted by Crippen LogP contribution is -2.42. The van der Waals surface area contributed by atoms with E-state index in [9.17, 15) is 9.59 Å². The van der Waals surface area contributed by atoms with Crippen LogP contribution in [0.2, 0.25) is 0 Å². The fourth-order valence-corrected chi connectivity index (χ4v) is 3.18. The largest absolute Gasteiger partial charge is 0.490 e. The van der Waals surface area contributed by atoms with Crippen LogP contribution in [0.3, 0.4) is 0 Å². The molecule has 2 amide bonds. The maximum Gasteiger partial charge on any atom is 0.255 e. The number of hydrogen-bond acceptors (Lipinski definition) is 4. The first-order valence-electron chi connectivity index (χ1n) is 9.84. The predicted octanol–water partition coefficient (Wildman–Crippen LogP) is 3.75. The summed E-state index contributed by atoms with van der Waals surface area (Å²) in [6.45, 7) is 5.11. The highest BCUT2D eigenvalue weighted by molar-refractivity contribution is 6.04. The van der Waals surface area contributed by atoms with E-state index in [-0.39, 0.29) is 23.8 Å². The Morgan fingerprint density at radius 1 is 1.18 bits per heavy atom. The Balaban J connectivity index is 1.61. The molecule has 148 valence electrons. The van der Waals surface area contributed by atoms with E-state index < -0.39 is 0 Å². The zero-order valence-electron chi connectivity index (χ0n) is 16.4. The summed E-state index contributed by atoms with van der Waals surface area (Å²) >= 11 is 0. The van der Waals surface area contributed by atoms with Gasteiger partial charge in [-0.2, -0.15) is 0 Å². The molecule has 2 heterocycles. The molecule has 1 atom stereocenters. The molecule has 0 bridgehead atoms. The van der Waals surface area contributed by atoms with Crippen LogP contribution in [0, 0.1) is 5.92 Å². The SMILES string of the molecule is CCC(C)C(=O)Nc1ccccc1C(=O)N1CCC(Oc2ccncc2)CC1. The molecule has 6 heteroatoms. The van der Waals surface area contributed by atoms with E-state index in [2.05, 4.69) is 10.3 Å². The Morgan fingerprint density at radius 3 is 2.54 bits per heavy atom. The van der Waals surface area contributed by atoms with Gasteiger partial charge in [-0.1, -0.05) is 26.0 Å². The third kappa shape index (κ3) is 4.88. The molecule has 1 aliphatic heterocycles. The van der Waals surface area contributed by atoms with Crippen molar-refractivity contribution in [1.29, 1.82) is 0 Å². The van der Waals surface area contributed by atoms with Crippen molar-refractivity contribution < 1.29 is 14.3 Å². The molecule has 6 nitrogen and oxygen atoms in total. The summed E-state index contributed by atoms with van der Waals surface area (Å²) in [4.78, 5) is 31.1. The van der Waals surface area contributed by atoms with Crippen molar-refractivity contribution in [2.24, 2.45) is 5.92 Å². The maximum atomic E-state index is 13.0. The highest BCUT2D eigenvalue weighted by Crippen LogP contribution is 2.23. The van der Waals surface area contributed by atoms with Crippen molar-refractivity contribution in [3.63, 3.8) is 0 Å². The number of pyridine rings is 1. The van der Waals surface area contributed by atoms with Gasteiger partial charge in [0.05, 0.1) is 11.3 Å². The topological polar surface area (TPSA) is 71.5 Å². The Bertz CT molecular complexity index is 802. The second kappa shape index (κ2) is 9.35. The van der Waals surface area contributed by atoms with Crippen LogP contribution in [0.15, 0.2) is 48.8 Å². The van der Waals surface area contributed by atoms with Gasteiger partial charge in [-0.3, -0.25) is 14.6 Å². The molecule has 0 saturated carbocycles. The number of hydrogen-bond donors (Lipinski definition) is 1. The smallest absolute Gasteiger partial charge is 0.255 e. The number of aromatic nitrogens is 1. The Labute approximate surface area is 165 Å².